The zero-order valence-electron chi connectivity index (χ0n) is 44.2. The van der Waals surface area contributed by atoms with Gasteiger partial charge in [0.05, 0.1) is 44.7 Å². The molecule has 35 nitrogen and oxygen atoms in total. The maximum absolute atomic E-state index is 13.3. The quantitative estimate of drug-likeness (QED) is 0.0606. The van der Waals surface area contributed by atoms with Gasteiger partial charge in [-0.2, -0.15) is 0 Å². The van der Waals surface area contributed by atoms with Crippen LogP contribution in [0.25, 0.3) is 0 Å². The van der Waals surface area contributed by atoms with Gasteiger partial charge in [0.2, 0.25) is 11.8 Å². The fourth-order valence-electron chi connectivity index (χ4n) is 10.6. The van der Waals surface area contributed by atoms with Gasteiger partial charge in [0.15, 0.2) is 44.0 Å². The Kier molecular flexibility index (Phi) is 22.9. The lowest BCUT2D eigenvalue weighted by Gasteiger charge is -2.52. The van der Waals surface area contributed by atoms with Crippen molar-refractivity contribution in [1.29, 1.82) is 0 Å². The fourth-order valence-corrected chi connectivity index (χ4v) is 10.6. The molecule has 7 rings (SSSR count). The van der Waals surface area contributed by atoms with E-state index in [2.05, 4.69) is 10.6 Å². The summed E-state index contributed by atoms with van der Waals surface area (Å²) in [6.45, 7) is 1.71. The maximum atomic E-state index is 13.3. The number of ether oxygens (including phenoxy) is 13. The minimum absolute atomic E-state index is 0.793. The summed E-state index contributed by atoms with van der Waals surface area (Å²) in [5.74, 6) is -1.72. The van der Waals surface area contributed by atoms with Gasteiger partial charge in [0.1, 0.15) is 152 Å². The van der Waals surface area contributed by atoms with Crippen LogP contribution in [0.2, 0.25) is 0 Å². The van der Waals surface area contributed by atoms with Gasteiger partial charge in [-0.15, -0.1) is 0 Å². The van der Waals surface area contributed by atoms with Crippen LogP contribution in [0.4, 0.5) is 0 Å². The molecule has 7 heterocycles. The molecule has 7 aliphatic rings. The van der Waals surface area contributed by atoms with Crippen LogP contribution in [-0.2, 0) is 71.2 Å². The molecular formula is C46H78N2O33. The zero-order valence-corrected chi connectivity index (χ0v) is 44.2. The molecule has 470 valence electrons. The smallest absolute Gasteiger partial charge is 0.217 e. The lowest BCUT2D eigenvalue weighted by molar-refractivity contribution is -0.401. The molecule has 0 aromatic heterocycles. The summed E-state index contributed by atoms with van der Waals surface area (Å²) in [6.07, 6.45) is -61.9. The highest BCUT2D eigenvalue weighted by atomic mass is 16.8. The third-order valence-corrected chi connectivity index (χ3v) is 15.2. The highest BCUT2D eigenvalue weighted by Crippen LogP contribution is 2.39. The molecule has 0 aromatic carbocycles. The van der Waals surface area contributed by atoms with E-state index in [9.17, 15) is 102 Å². The van der Waals surface area contributed by atoms with Crippen molar-refractivity contribution in [2.45, 2.75) is 249 Å². The number of carbonyl (C=O) groups excluding carboxylic acids is 2. The molecule has 7 saturated heterocycles. The standard InChI is InChI=1S/C46H78N2O33/c1-10-21(55)26(60)30(64)42(69-10)78-36-19(47-13(4)53)40(68)72-17(8-51)34(36)76-45-33(67)38(25(59)16(7-50)73-45)80-41-20(48-14(5)54)37(79-43-31(65)27(61)22(56)11(2)70-43)35(18(9-52)75-41)77-46-39(29(63)24(58)15(6-49)74-46)81-44-32(66)28(62)23(57)12(3)71-44/h10-12,15-46,49-52,55-68H,6-9H2,1-5H3,(H,47,53)(H,48,54)/t10?,11?,12?,15-,16-,17?,18?,19-,20-,21+,22+,23+,24-,25-,26-,27-,28?,29?,30?,31?,32?,33?,34+,35+,36?,37?,38?,39?,40+,41-,42-,43-,44-,45-,46-/m0/s1. The molecule has 7 fully saturated rings. The van der Waals surface area contributed by atoms with E-state index in [1.807, 2.05) is 0 Å². The summed E-state index contributed by atoms with van der Waals surface area (Å²) in [7, 11) is 0. The average Bonchev–Trinajstić information content (AvgIpc) is 3.63. The summed E-state index contributed by atoms with van der Waals surface area (Å²) in [6, 6.07) is -3.58. The normalized spacial score (nSPS) is 51.8. The number of carbonyl (C=O) groups is 2. The molecule has 0 aliphatic carbocycles. The molecule has 7 aliphatic heterocycles. The van der Waals surface area contributed by atoms with Gasteiger partial charge >= 0.3 is 0 Å². The molecule has 0 aromatic rings. The number of aliphatic hydroxyl groups excluding tert-OH is 18. The van der Waals surface area contributed by atoms with E-state index in [0.29, 0.717) is 0 Å². The Hall–Kier alpha value is -2.30. The van der Waals surface area contributed by atoms with Crippen LogP contribution in [0.1, 0.15) is 34.6 Å². The molecule has 2 amide bonds. The van der Waals surface area contributed by atoms with Crippen LogP contribution < -0.4 is 10.6 Å². The predicted molar refractivity (Wildman–Crippen MR) is 251 cm³/mol. The van der Waals surface area contributed by atoms with Gasteiger partial charge in [-0.1, -0.05) is 0 Å². The van der Waals surface area contributed by atoms with Gasteiger partial charge in [-0.05, 0) is 20.8 Å². The number of hydrogen-bond acceptors (Lipinski definition) is 33. The Morgan fingerprint density at radius 2 is 0.654 bits per heavy atom. The Bertz CT molecular complexity index is 2010. The lowest BCUT2D eigenvalue weighted by Crippen LogP contribution is -2.72. The molecular weight excluding hydrogens is 1110 g/mol. The molecule has 0 bridgehead atoms. The highest BCUT2D eigenvalue weighted by Gasteiger charge is 2.60. The first-order valence-corrected chi connectivity index (χ1v) is 26.2. The first-order chi connectivity index (χ1) is 38.2. The molecule has 81 heavy (non-hydrogen) atoms. The summed E-state index contributed by atoms with van der Waals surface area (Å²) in [5, 5.41) is 201. The van der Waals surface area contributed by atoms with Gasteiger partial charge in [-0.25, -0.2) is 0 Å². The van der Waals surface area contributed by atoms with Crippen LogP contribution in [-0.4, -0.2) is 345 Å². The van der Waals surface area contributed by atoms with E-state index in [-0.39, 0.29) is 0 Å². The van der Waals surface area contributed by atoms with Crippen LogP contribution in [0.15, 0.2) is 0 Å². The van der Waals surface area contributed by atoms with Gasteiger partial charge in [-0.3, -0.25) is 9.59 Å². The van der Waals surface area contributed by atoms with Crippen LogP contribution >= 0.6 is 0 Å². The second-order valence-electron chi connectivity index (χ2n) is 21.0. The molecule has 35 atom stereocenters. The number of aliphatic hydroxyl groups is 18. The number of rotatable bonds is 18. The Morgan fingerprint density at radius 3 is 1.10 bits per heavy atom. The first kappa shape index (κ1) is 66.2. The van der Waals surface area contributed by atoms with E-state index < -0.39 is 253 Å². The van der Waals surface area contributed by atoms with E-state index in [1.165, 1.54) is 20.8 Å². The van der Waals surface area contributed by atoms with E-state index >= 15 is 0 Å². The van der Waals surface area contributed by atoms with Crippen LogP contribution in [0.5, 0.6) is 0 Å². The van der Waals surface area contributed by atoms with Crippen molar-refractivity contribution < 1.29 is 163 Å². The van der Waals surface area contributed by atoms with E-state index in [0.717, 1.165) is 13.8 Å². The SMILES string of the molecule is CC(=O)N[C@H]1C(O[C@@H]2OC(C)[C@@H](O)[C@H](O)C2O)[C@H](O[C@@H]2O[C@@H](CO)[C@H](O)C(O)C2O[C@@H]2OC(C)[C@@H](O)C(O)C2O)C(CO)O[C@H]1OC1C(O)[C@H](O[C@@H]2C(CO)O[C@@H](O)[C@@H](NC(C)=O)C2O[C@@H]2OC(C)[C@@H](O)[C@H](O)C2O)O[C@@H](CO)[C@@H]1O. The molecule has 0 spiro atoms. The van der Waals surface area contributed by atoms with Crippen molar-refractivity contribution in [3.8, 4) is 0 Å². The van der Waals surface area contributed by atoms with Crippen molar-refractivity contribution in [2.75, 3.05) is 26.4 Å². The van der Waals surface area contributed by atoms with Gasteiger partial charge < -0.3 is 164 Å². The molecule has 0 saturated carbocycles. The fraction of sp³-hybridized carbons (Fsp3) is 0.957. The van der Waals surface area contributed by atoms with Gasteiger partial charge in [0.25, 0.3) is 0 Å². The van der Waals surface area contributed by atoms with Crippen molar-refractivity contribution in [3.63, 3.8) is 0 Å². The Balaban J connectivity index is 1.24. The summed E-state index contributed by atoms with van der Waals surface area (Å²) in [4.78, 5) is 25.8. The monoisotopic (exact) mass is 1190 g/mol. The predicted octanol–water partition coefficient (Wildman–Crippen LogP) is -12.9. The second-order valence-corrected chi connectivity index (χ2v) is 21.0. The van der Waals surface area contributed by atoms with E-state index in [4.69, 9.17) is 61.6 Å². The third kappa shape index (κ3) is 14.1. The second kappa shape index (κ2) is 28.0. The average molecular weight is 1190 g/mol. The van der Waals surface area contributed by atoms with E-state index in [1.54, 1.807) is 0 Å². The molecule has 0 radical (unpaired) electrons. The molecule has 20 N–H and O–H groups in total. The summed E-state index contributed by atoms with van der Waals surface area (Å²) >= 11 is 0. The van der Waals surface area contributed by atoms with Crippen molar-refractivity contribution >= 4 is 11.8 Å². The molecule has 15 unspecified atom stereocenters. The highest BCUT2D eigenvalue weighted by molar-refractivity contribution is 5.73. The third-order valence-electron chi connectivity index (χ3n) is 15.2. The van der Waals surface area contributed by atoms with Gasteiger partial charge in [0, 0.05) is 13.8 Å². The van der Waals surface area contributed by atoms with Crippen molar-refractivity contribution in [1.82, 2.24) is 10.6 Å². The topological polar surface area (TPSA) is 542 Å². The number of nitrogens with one attached hydrogen (secondary N) is 2. The first-order valence-electron chi connectivity index (χ1n) is 26.2. The maximum Gasteiger partial charge on any atom is 0.217 e. The lowest BCUT2D eigenvalue weighted by atomic mass is 9.93. The largest absolute Gasteiger partial charge is 0.394 e. The zero-order chi connectivity index (χ0) is 59.8. The minimum Gasteiger partial charge on any atom is -0.394 e. The summed E-state index contributed by atoms with van der Waals surface area (Å²) < 4.78 is 77.2. The minimum atomic E-state index is -2.30. The Morgan fingerprint density at radius 1 is 0.321 bits per heavy atom. The number of amides is 2. The summed E-state index contributed by atoms with van der Waals surface area (Å²) in [5.41, 5.74) is 0. The molecule has 35 heteroatoms. The Labute approximate surface area is 460 Å². The van der Waals surface area contributed by atoms with Crippen molar-refractivity contribution in [2.24, 2.45) is 0 Å². The van der Waals surface area contributed by atoms with Crippen molar-refractivity contribution in [3.05, 3.63) is 0 Å². The van der Waals surface area contributed by atoms with Crippen LogP contribution in [0, 0.1) is 0 Å². The number of hydrogen-bond donors (Lipinski definition) is 20. The van der Waals surface area contributed by atoms with Crippen LogP contribution in [0.3, 0.4) is 0 Å².